The van der Waals surface area contributed by atoms with E-state index in [9.17, 15) is 31.2 Å². The van der Waals surface area contributed by atoms with Crippen molar-refractivity contribution < 1.29 is 31.2 Å². The minimum Gasteiger partial charge on any atom is -0.352 e. The Morgan fingerprint density at radius 2 is 1.73 bits per heavy atom. The molecular formula is C25H29ClF3N3O4S. The molecular weight excluding hydrogens is 531 g/mol. The number of nitrogens with zero attached hydrogens (tertiary/aromatic N) is 2. The van der Waals surface area contributed by atoms with E-state index >= 15 is 0 Å². The highest BCUT2D eigenvalue weighted by molar-refractivity contribution is 7.92. The Balaban J connectivity index is 1.91. The highest BCUT2D eigenvalue weighted by Gasteiger charge is 2.34. The van der Waals surface area contributed by atoms with Gasteiger partial charge in [-0.3, -0.25) is 13.9 Å². The van der Waals surface area contributed by atoms with Gasteiger partial charge in [-0.05, 0) is 55.7 Å². The minimum atomic E-state index is -4.70. The van der Waals surface area contributed by atoms with Crippen molar-refractivity contribution in [2.45, 2.75) is 57.4 Å². The molecule has 0 unspecified atom stereocenters. The van der Waals surface area contributed by atoms with E-state index in [4.69, 9.17) is 11.6 Å². The second-order valence-corrected chi connectivity index (χ2v) is 11.5. The van der Waals surface area contributed by atoms with Crippen LogP contribution in [0.5, 0.6) is 0 Å². The number of rotatable bonds is 9. The summed E-state index contributed by atoms with van der Waals surface area (Å²) in [5.74, 6) is -1.13. The van der Waals surface area contributed by atoms with E-state index in [1.165, 1.54) is 17.9 Å². The maximum atomic E-state index is 13.5. The van der Waals surface area contributed by atoms with Crippen molar-refractivity contribution in [2.75, 3.05) is 17.1 Å². The Labute approximate surface area is 219 Å². The van der Waals surface area contributed by atoms with Gasteiger partial charge in [0.1, 0.15) is 12.6 Å². The SMILES string of the molecule is C[C@H](C(=O)NC1CCCC1)N(Cc1ccc(Cl)cc1)C(=O)CN(c1cccc(C(F)(F)F)c1)S(C)(=O)=O. The Hall–Kier alpha value is -2.79. The largest absolute Gasteiger partial charge is 0.416 e. The molecule has 0 heterocycles. The van der Waals surface area contributed by atoms with E-state index in [-0.39, 0.29) is 24.2 Å². The molecule has 1 N–H and O–H groups in total. The van der Waals surface area contributed by atoms with E-state index in [0.29, 0.717) is 21.0 Å². The summed E-state index contributed by atoms with van der Waals surface area (Å²) in [5, 5.41) is 3.41. The number of halogens is 4. The molecule has 202 valence electrons. The first-order valence-electron chi connectivity index (χ1n) is 11.7. The first-order chi connectivity index (χ1) is 17.3. The van der Waals surface area contributed by atoms with Gasteiger partial charge >= 0.3 is 6.18 Å². The normalized spacial score (nSPS) is 15.3. The van der Waals surface area contributed by atoms with Crippen LogP contribution in [0.25, 0.3) is 0 Å². The molecule has 2 amide bonds. The fourth-order valence-electron chi connectivity index (χ4n) is 4.21. The maximum absolute atomic E-state index is 13.5. The molecule has 0 radical (unpaired) electrons. The molecule has 1 aliphatic rings. The second kappa shape index (κ2) is 11.7. The molecule has 12 heteroatoms. The second-order valence-electron chi connectivity index (χ2n) is 9.13. The number of hydrogen-bond donors (Lipinski definition) is 1. The van der Waals surface area contributed by atoms with Crippen LogP contribution < -0.4 is 9.62 Å². The Kier molecular flexibility index (Phi) is 9.12. The Bertz CT molecular complexity index is 1220. The molecule has 1 saturated carbocycles. The third kappa shape index (κ3) is 7.85. The predicted molar refractivity (Wildman–Crippen MR) is 135 cm³/mol. The fraction of sp³-hybridized carbons (Fsp3) is 0.440. The average molecular weight is 560 g/mol. The zero-order valence-corrected chi connectivity index (χ0v) is 22.0. The van der Waals surface area contributed by atoms with Crippen molar-refractivity contribution in [1.29, 1.82) is 0 Å². The van der Waals surface area contributed by atoms with Gasteiger partial charge in [-0.25, -0.2) is 8.42 Å². The summed E-state index contributed by atoms with van der Waals surface area (Å²) in [6.07, 6.45) is -0.237. The minimum absolute atomic E-state index is 0.0000558. The molecule has 1 aliphatic carbocycles. The lowest BCUT2D eigenvalue weighted by Gasteiger charge is -2.32. The molecule has 7 nitrogen and oxygen atoms in total. The van der Waals surface area contributed by atoms with Gasteiger partial charge < -0.3 is 10.2 Å². The van der Waals surface area contributed by atoms with Crippen LogP contribution in [0.2, 0.25) is 5.02 Å². The summed E-state index contributed by atoms with van der Waals surface area (Å²) in [5.41, 5.74) is -0.711. The lowest BCUT2D eigenvalue weighted by atomic mass is 10.1. The van der Waals surface area contributed by atoms with Crippen molar-refractivity contribution in [1.82, 2.24) is 10.2 Å². The molecule has 2 aromatic carbocycles. The number of alkyl halides is 3. The fourth-order valence-corrected chi connectivity index (χ4v) is 5.18. The number of hydrogen-bond acceptors (Lipinski definition) is 4. The van der Waals surface area contributed by atoms with Crippen LogP contribution in [-0.4, -0.2) is 50.0 Å². The van der Waals surface area contributed by atoms with Crippen LogP contribution in [-0.2, 0) is 32.3 Å². The molecule has 0 aliphatic heterocycles. The summed E-state index contributed by atoms with van der Waals surface area (Å²) in [6, 6.07) is 9.36. The van der Waals surface area contributed by atoms with E-state index in [1.54, 1.807) is 24.3 Å². The first-order valence-corrected chi connectivity index (χ1v) is 14.0. The number of sulfonamides is 1. The predicted octanol–water partition coefficient (Wildman–Crippen LogP) is 4.60. The maximum Gasteiger partial charge on any atom is 0.416 e. The van der Waals surface area contributed by atoms with E-state index in [2.05, 4.69) is 5.32 Å². The topological polar surface area (TPSA) is 86.8 Å². The van der Waals surface area contributed by atoms with Crippen molar-refractivity contribution in [3.8, 4) is 0 Å². The zero-order valence-electron chi connectivity index (χ0n) is 20.5. The molecule has 0 bridgehead atoms. The van der Waals surface area contributed by atoms with Crippen LogP contribution in [0.15, 0.2) is 48.5 Å². The summed E-state index contributed by atoms with van der Waals surface area (Å²) in [7, 11) is -4.15. The van der Waals surface area contributed by atoms with Gasteiger partial charge in [0.2, 0.25) is 21.8 Å². The number of carbonyl (C=O) groups is 2. The van der Waals surface area contributed by atoms with Gasteiger partial charge in [-0.1, -0.05) is 42.6 Å². The Morgan fingerprint density at radius 3 is 2.30 bits per heavy atom. The summed E-state index contributed by atoms with van der Waals surface area (Å²) < 4.78 is 65.5. The molecule has 2 aromatic rings. The van der Waals surface area contributed by atoms with Crippen LogP contribution in [0.3, 0.4) is 0 Å². The number of benzene rings is 2. The van der Waals surface area contributed by atoms with Gasteiger partial charge in [-0.15, -0.1) is 0 Å². The van der Waals surface area contributed by atoms with Gasteiger partial charge in [0.25, 0.3) is 0 Å². The number of amides is 2. The smallest absolute Gasteiger partial charge is 0.352 e. The standard InChI is InChI=1S/C25H29ClF3N3O4S/c1-17(24(34)30-21-7-3-4-8-21)31(15-18-10-12-20(26)13-11-18)23(33)16-32(37(2,35)36)22-9-5-6-19(14-22)25(27,28)29/h5-6,9-14,17,21H,3-4,7-8,15-16H2,1-2H3,(H,30,34)/t17-/m1/s1. The summed E-state index contributed by atoms with van der Waals surface area (Å²) in [4.78, 5) is 27.7. The molecule has 0 spiro atoms. The third-order valence-electron chi connectivity index (χ3n) is 6.28. The van der Waals surface area contributed by atoms with Gasteiger partial charge in [0, 0.05) is 17.6 Å². The van der Waals surface area contributed by atoms with E-state index in [0.717, 1.165) is 44.1 Å². The third-order valence-corrected chi connectivity index (χ3v) is 7.67. The zero-order chi connectivity index (χ0) is 27.4. The van der Waals surface area contributed by atoms with Crippen LogP contribution in [0, 0.1) is 0 Å². The molecule has 0 aromatic heterocycles. The lowest BCUT2D eigenvalue weighted by molar-refractivity contribution is -0.139. The van der Waals surface area contributed by atoms with E-state index < -0.39 is 40.3 Å². The van der Waals surface area contributed by atoms with Gasteiger partial charge in [0.05, 0.1) is 17.5 Å². The van der Waals surface area contributed by atoms with Crippen molar-refractivity contribution in [3.05, 3.63) is 64.7 Å². The molecule has 0 saturated heterocycles. The molecule has 3 rings (SSSR count). The Morgan fingerprint density at radius 1 is 1.11 bits per heavy atom. The highest BCUT2D eigenvalue weighted by Crippen LogP contribution is 2.32. The molecule has 37 heavy (non-hydrogen) atoms. The van der Waals surface area contributed by atoms with Crippen molar-refractivity contribution >= 4 is 39.1 Å². The summed E-state index contributed by atoms with van der Waals surface area (Å²) in [6.45, 7) is 0.720. The average Bonchev–Trinajstić information content (AvgIpc) is 3.33. The van der Waals surface area contributed by atoms with Crippen LogP contribution >= 0.6 is 11.6 Å². The number of anilines is 1. The van der Waals surface area contributed by atoms with E-state index in [1.807, 2.05) is 0 Å². The van der Waals surface area contributed by atoms with Crippen molar-refractivity contribution in [3.63, 3.8) is 0 Å². The van der Waals surface area contributed by atoms with Crippen molar-refractivity contribution in [2.24, 2.45) is 0 Å². The van der Waals surface area contributed by atoms with Crippen LogP contribution in [0.4, 0.5) is 18.9 Å². The quantitative estimate of drug-likeness (QED) is 0.486. The lowest BCUT2D eigenvalue weighted by Crippen LogP contribution is -2.52. The summed E-state index contributed by atoms with van der Waals surface area (Å²) >= 11 is 5.95. The molecule has 1 atom stereocenters. The number of nitrogens with one attached hydrogen (secondary N) is 1. The highest BCUT2D eigenvalue weighted by atomic mass is 35.5. The van der Waals surface area contributed by atoms with Gasteiger partial charge in [0.15, 0.2) is 0 Å². The monoisotopic (exact) mass is 559 g/mol. The molecule has 1 fully saturated rings. The van der Waals surface area contributed by atoms with Gasteiger partial charge in [-0.2, -0.15) is 13.2 Å². The number of carbonyl (C=O) groups excluding carboxylic acids is 2. The first kappa shape index (κ1) is 28.8. The van der Waals surface area contributed by atoms with Crippen LogP contribution in [0.1, 0.15) is 43.7 Å².